The van der Waals surface area contributed by atoms with Gasteiger partial charge in [0.25, 0.3) is 0 Å². The number of hydrogen-bond acceptors (Lipinski definition) is 3. The Morgan fingerprint density at radius 2 is 2.37 bits per heavy atom. The van der Waals surface area contributed by atoms with Gasteiger partial charge < -0.3 is 10.0 Å². The summed E-state index contributed by atoms with van der Waals surface area (Å²) >= 11 is 1.88. The number of halogens is 1. The number of carboxylic acid groups (broad SMARTS) is 1. The first-order chi connectivity index (χ1) is 9.08. The molecule has 1 saturated heterocycles. The molecule has 0 amide bonds. The lowest BCUT2D eigenvalue weighted by atomic mass is 10.1. The lowest BCUT2D eigenvalue weighted by molar-refractivity contribution is -0.131. The van der Waals surface area contributed by atoms with Crippen molar-refractivity contribution >= 4 is 29.5 Å². The molecule has 1 N–H and O–H groups in total. The Bertz CT molecular complexity index is 504. The normalized spacial score (nSPS) is 19.9. The highest BCUT2D eigenvalue weighted by molar-refractivity contribution is 7.99. The molecule has 0 aliphatic carbocycles. The SMILES string of the molecule is CC1CSCCN1c1ccc(C=CC(=O)O)cc1F. The monoisotopic (exact) mass is 281 g/mol. The van der Waals surface area contributed by atoms with E-state index in [2.05, 4.69) is 11.8 Å². The fraction of sp³-hybridized carbons (Fsp3) is 0.357. The third-order valence-electron chi connectivity index (χ3n) is 3.07. The summed E-state index contributed by atoms with van der Waals surface area (Å²) in [6.07, 6.45) is 2.40. The number of benzene rings is 1. The minimum Gasteiger partial charge on any atom is -0.478 e. The lowest BCUT2D eigenvalue weighted by Crippen LogP contribution is -2.40. The number of carbonyl (C=O) groups is 1. The maximum absolute atomic E-state index is 14.1. The van der Waals surface area contributed by atoms with Gasteiger partial charge in [0, 0.05) is 30.2 Å². The van der Waals surface area contributed by atoms with Gasteiger partial charge in [0.15, 0.2) is 0 Å². The van der Waals surface area contributed by atoms with Crippen molar-refractivity contribution in [2.45, 2.75) is 13.0 Å². The molecule has 1 unspecified atom stereocenters. The van der Waals surface area contributed by atoms with E-state index in [1.54, 1.807) is 12.1 Å². The van der Waals surface area contributed by atoms with Crippen molar-refractivity contribution in [3.05, 3.63) is 35.7 Å². The van der Waals surface area contributed by atoms with Gasteiger partial charge >= 0.3 is 5.97 Å². The van der Waals surface area contributed by atoms with E-state index in [-0.39, 0.29) is 5.82 Å². The summed E-state index contributed by atoms with van der Waals surface area (Å²) in [6, 6.07) is 5.16. The Morgan fingerprint density at radius 1 is 1.58 bits per heavy atom. The number of hydrogen-bond donors (Lipinski definition) is 1. The van der Waals surface area contributed by atoms with E-state index < -0.39 is 5.97 Å². The molecule has 0 aromatic heterocycles. The molecule has 1 aliphatic rings. The predicted octanol–water partition coefficient (Wildman–Crippen LogP) is 2.87. The van der Waals surface area contributed by atoms with E-state index in [1.165, 1.54) is 12.1 Å². The van der Waals surface area contributed by atoms with Crippen LogP contribution >= 0.6 is 11.8 Å². The van der Waals surface area contributed by atoms with E-state index in [4.69, 9.17) is 5.11 Å². The van der Waals surface area contributed by atoms with Crippen LogP contribution in [-0.4, -0.2) is 35.2 Å². The van der Waals surface area contributed by atoms with Gasteiger partial charge in [0.2, 0.25) is 0 Å². The Balaban J connectivity index is 2.21. The molecule has 3 nitrogen and oxygen atoms in total. The van der Waals surface area contributed by atoms with Gasteiger partial charge in [-0.1, -0.05) is 6.07 Å². The first kappa shape index (κ1) is 13.9. The molecule has 1 heterocycles. The molecule has 1 atom stereocenters. The molecule has 0 spiro atoms. The van der Waals surface area contributed by atoms with E-state index in [9.17, 15) is 9.18 Å². The predicted molar refractivity (Wildman–Crippen MR) is 77.2 cm³/mol. The summed E-state index contributed by atoms with van der Waals surface area (Å²) in [5.74, 6) is 0.669. The highest BCUT2D eigenvalue weighted by atomic mass is 32.2. The van der Waals surface area contributed by atoms with Crippen LogP contribution in [0.3, 0.4) is 0 Å². The zero-order valence-electron chi connectivity index (χ0n) is 10.7. The smallest absolute Gasteiger partial charge is 0.328 e. The number of aliphatic carboxylic acids is 1. The Hall–Kier alpha value is -1.49. The van der Waals surface area contributed by atoms with Crippen LogP contribution in [0.1, 0.15) is 12.5 Å². The Kier molecular flexibility index (Phi) is 4.47. The fourth-order valence-electron chi connectivity index (χ4n) is 2.11. The molecule has 1 fully saturated rings. The molecule has 5 heteroatoms. The molecule has 0 radical (unpaired) electrons. The van der Waals surface area contributed by atoms with E-state index in [0.29, 0.717) is 17.3 Å². The van der Waals surface area contributed by atoms with Crippen molar-refractivity contribution in [3.8, 4) is 0 Å². The second-order valence-corrected chi connectivity index (χ2v) is 5.65. The molecule has 1 aromatic carbocycles. The van der Waals surface area contributed by atoms with Crippen LogP contribution in [0.15, 0.2) is 24.3 Å². The van der Waals surface area contributed by atoms with Crippen LogP contribution in [0.5, 0.6) is 0 Å². The van der Waals surface area contributed by atoms with Crippen molar-refractivity contribution in [2.75, 3.05) is 23.0 Å². The van der Waals surface area contributed by atoms with Crippen LogP contribution in [0.25, 0.3) is 6.08 Å². The van der Waals surface area contributed by atoms with Crippen LogP contribution in [0.4, 0.5) is 10.1 Å². The van der Waals surface area contributed by atoms with Gasteiger partial charge in [0.1, 0.15) is 5.82 Å². The maximum Gasteiger partial charge on any atom is 0.328 e. The standard InChI is InChI=1S/C14H16FNO2S/c1-10-9-19-7-6-16(10)13-4-2-11(8-12(13)15)3-5-14(17)18/h2-5,8,10H,6-7,9H2,1H3,(H,17,18). The Morgan fingerprint density at radius 3 is 3.00 bits per heavy atom. The fourth-order valence-corrected chi connectivity index (χ4v) is 3.13. The van der Waals surface area contributed by atoms with Crippen molar-refractivity contribution in [2.24, 2.45) is 0 Å². The number of thioether (sulfide) groups is 1. The average molecular weight is 281 g/mol. The van der Waals surface area contributed by atoms with Crippen LogP contribution in [0.2, 0.25) is 0 Å². The van der Waals surface area contributed by atoms with Crippen LogP contribution in [0, 0.1) is 5.82 Å². The minimum atomic E-state index is -1.04. The van der Waals surface area contributed by atoms with E-state index in [0.717, 1.165) is 24.1 Å². The topological polar surface area (TPSA) is 40.5 Å². The van der Waals surface area contributed by atoms with Crippen LogP contribution in [-0.2, 0) is 4.79 Å². The summed E-state index contributed by atoms with van der Waals surface area (Å²) in [6.45, 7) is 2.93. The zero-order chi connectivity index (χ0) is 13.8. The van der Waals surface area contributed by atoms with Gasteiger partial charge in [-0.05, 0) is 30.7 Å². The van der Waals surface area contributed by atoms with Crippen molar-refractivity contribution in [3.63, 3.8) is 0 Å². The summed E-state index contributed by atoms with van der Waals surface area (Å²) in [5.41, 5.74) is 1.16. The lowest BCUT2D eigenvalue weighted by Gasteiger charge is -2.35. The number of carboxylic acids is 1. The summed E-state index contributed by atoms with van der Waals surface area (Å²) in [7, 11) is 0. The van der Waals surface area contributed by atoms with Crippen LogP contribution < -0.4 is 4.90 Å². The quantitative estimate of drug-likeness (QED) is 0.865. The molecule has 0 saturated carbocycles. The molecule has 0 bridgehead atoms. The average Bonchev–Trinajstić information content (AvgIpc) is 2.38. The molecular weight excluding hydrogens is 265 g/mol. The first-order valence-corrected chi connectivity index (χ1v) is 7.28. The second-order valence-electron chi connectivity index (χ2n) is 4.50. The van der Waals surface area contributed by atoms with E-state index >= 15 is 0 Å². The van der Waals surface area contributed by atoms with Gasteiger partial charge in [-0.3, -0.25) is 0 Å². The minimum absolute atomic E-state index is 0.300. The van der Waals surface area contributed by atoms with Gasteiger partial charge in [-0.2, -0.15) is 11.8 Å². The molecule has 1 aliphatic heterocycles. The van der Waals surface area contributed by atoms with Crippen molar-refractivity contribution in [1.29, 1.82) is 0 Å². The summed E-state index contributed by atoms with van der Waals surface area (Å²) in [5, 5.41) is 8.55. The van der Waals surface area contributed by atoms with E-state index in [1.807, 2.05) is 11.8 Å². The van der Waals surface area contributed by atoms with Gasteiger partial charge in [-0.15, -0.1) is 0 Å². The first-order valence-electron chi connectivity index (χ1n) is 6.13. The number of nitrogens with zero attached hydrogens (tertiary/aromatic N) is 1. The molecule has 1 aromatic rings. The number of rotatable bonds is 3. The third-order valence-corrected chi connectivity index (χ3v) is 4.26. The highest BCUT2D eigenvalue weighted by Gasteiger charge is 2.21. The molecule has 2 rings (SSSR count). The highest BCUT2D eigenvalue weighted by Crippen LogP contribution is 2.27. The maximum atomic E-state index is 14.1. The summed E-state index contributed by atoms with van der Waals surface area (Å²) < 4.78 is 14.1. The largest absolute Gasteiger partial charge is 0.478 e. The zero-order valence-corrected chi connectivity index (χ0v) is 11.5. The van der Waals surface area contributed by atoms with Crippen molar-refractivity contribution < 1.29 is 14.3 Å². The second kappa shape index (κ2) is 6.10. The summed E-state index contributed by atoms with van der Waals surface area (Å²) in [4.78, 5) is 12.5. The Labute approximate surface area is 116 Å². The number of anilines is 1. The van der Waals surface area contributed by atoms with Crippen molar-refractivity contribution in [1.82, 2.24) is 0 Å². The molecule has 19 heavy (non-hydrogen) atoms. The molecule has 102 valence electrons. The molecular formula is C14H16FNO2S. The van der Waals surface area contributed by atoms with Gasteiger partial charge in [0.05, 0.1) is 5.69 Å². The van der Waals surface area contributed by atoms with Gasteiger partial charge in [-0.25, -0.2) is 9.18 Å². The third kappa shape index (κ3) is 3.50.